The van der Waals surface area contributed by atoms with Gasteiger partial charge in [-0.3, -0.25) is 4.98 Å². The number of rotatable bonds is 7. The van der Waals surface area contributed by atoms with Crippen molar-refractivity contribution in [3.05, 3.63) is 64.6 Å². The SMILES string of the molecule is CO[C@H]1C[SH](C(c2ncccc2C)C2(O)CCC(F)(F)CC2)[C@H](CO)[C@H](O)[C@@H]1n1cc(-c2cc(F)c(Cl)c(F)c2)nn1. The molecule has 0 spiro atoms. The van der Waals surface area contributed by atoms with Gasteiger partial charge in [-0.25, -0.2) is 33.1 Å². The predicted octanol–water partition coefficient (Wildman–Crippen LogP) is 4.55. The minimum atomic E-state index is -2.88. The fraction of sp³-hybridized carbons (Fsp3) is 0.536. The molecule has 3 heterocycles. The number of aliphatic hydroxyl groups excluding tert-OH is 2. The molecule has 1 aliphatic carbocycles. The Morgan fingerprint density at radius 2 is 1.86 bits per heavy atom. The quantitative estimate of drug-likeness (QED) is 0.172. The molecule has 2 aliphatic rings. The van der Waals surface area contributed by atoms with Crippen molar-refractivity contribution in [2.45, 2.75) is 72.9 Å². The van der Waals surface area contributed by atoms with Gasteiger partial charge in [-0.15, -0.1) is 5.10 Å². The second-order valence-corrected chi connectivity index (χ2v) is 14.1. The van der Waals surface area contributed by atoms with Crippen LogP contribution in [0.25, 0.3) is 11.3 Å². The second kappa shape index (κ2) is 12.0. The van der Waals surface area contributed by atoms with Crippen molar-refractivity contribution >= 4 is 22.5 Å². The molecule has 2 fully saturated rings. The number of thiol groups is 1. The molecule has 0 bridgehead atoms. The molecule has 0 radical (unpaired) electrons. The zero-order valence-electron chi connectivity index (χ0n) is 23.0. The van der Waals surface area contributed by atoms with Gasteiger partial charge in [0.05, 0.1) is 41.6 Å². The Labute approximate surface area is 248 Å². The number of aliphatic hydroxyl groups is 3. The summed E-state index contributed by atoms with van der Waals surface area (Å²) in [6, 6.07) is 4.76. The number of aryl methyl sites for hydroxylation is 1. The summed E-state index contributed by atoms with van der Waals surface area (Å²) in [5, 5.41) is 40.3. The molecule has 1 saturated carbocycles. The highest BCUT2D eigenvalue weighted by molar-refractivity contribution is 8.18. The van der Waals surface area contributed by atoms with Gasteiger partial charge in [0.25, 0.3) is 0 Å². The predicted molar refractivity (Wildman–Crippen MR) is 151 cm³/mol. The molecule has 14 heteroatoms. The topological polar surface area (TPSA) is 114 Å². The van der Waals surface area contributed by atoms with Crippen LogP contribution in [0, 0.1) is 18.6 Å². The van der Waals surface area contributed by atoms with Crippen LogP contribution in [0.5, 0.6) is 0 Å². The first-order valence-corrected chi connectivity index (χ1v) is 15.6. The lowest BCUT2D eigenvalue weighted by molar-refractivity contribution is -0.105. The average molecular weight is 633 g/mol. The zero-order chi connectivity index (χ0) is 30.4. The van der Waals surface area contributed by atoms with Crippen LogP contribution in [0.15, 0.2) is 36.7 Å². The van der Waals surface area contributed by atoms with Gasteiger partial charge in [-0.05, 0) is 43.5 Å². The van der Waals surface area contributed by atoms with E-state index in [-0.39, 0.29) is 29.9 Å². The van der Waals surface area contributed by atoms with Crippen molar-refractivity contribution in [1.82, 2.24) is 20.0 Å². The highest BCUT2D eigenvalue weighted by Gasteiger charge is 2.54. The maximum Gasteiger partial charge on any atom is 0.248 e. The second-order valence-electron chi connectivity index (χ2n) is 11.1. The van der Waals surface area contributed by atoms with Crippen molar-refractivity contribution in [2.24, 2.45) is 0 Å². The van der Waals surface area contributed by atoms with E-state index < -0.39 is 87.3 Å². The summed E-state index contributed by atoms with van der Waals surface area (Å²) in [7, 11) is -0.0478. The Hall–Kier alpha value is -2.29. The highest BCUT2D eigenvalue weighted by atomic mass is 35.5. The summed E-state index contributed by atoms with van der Waals surface area (Å²) in [6.07, 6.45) is -0.228. The Balaban J connectivity index is 1.52. The Morgan fingerprint density at radius 1 is 1.19 bits per heavy atom. The molecule has 3 aromatic rings. The molecule has 3 N–H and O–H groups in total. The molecule has 1 aromatic carbocycles. The van der Waals surface area contributed by atoms with Crippen molar-refractivity contribution in [3.8, 4) is 11.3 Å². The molecule has 230 valence electrons. The van der Waals surface area contributed by atoms with Crippen LogP contribution in [0.3, 0.4) is 0 Å². The van der Waals surface area contributed by atoms with Gasteiger partial charge in [-0.2, -0.15) is 0 Å². The van der Waals surface area contributed by atoms with Gasteiger partial charge in [0.15, 0.2) is 0 Å². The molecular weight excluding hydrogens is 600 g/mol. The normalized spacial score (nSPS) is 28.9. The Morgan fingerprint density at radius 3 is 2.45 bits per heavy atom. The van der Waals surface area contributed by atoms with E-state index in [9.17, 15) is 32.9 Å². The van der Waals surface area contributed by atoms with Gasteiger partial charge >= 0.3 is 0 Å². The number of hydrogen-bond acceptors (Lipinski definition) is 7. The average Bonchev–Trinajstić information content (AvgIpc) is 3.44. The first-order chi connectivity index (χ1) is 19.9. The number of ether oxygens (including phenoxy) is 1. The number of nitrogens with zero attached hydrogens (tertiary/aromatic N) is 4. The van der Waals surface area contributed by atoms with Crippen molar-refractivity contribution in [3.63, 3.8) is 0 Å². The molecule has 2 aromatic heterocycles. The van der Waals surface area contributed by atoms with E-state index in [4.69, 9.17) is 16.3 Å². The van der Waals surface area contributed by atoms with E-state index in [1.807, 2.05) is 13.0 Å². The van der Waals surface area contributed by atoms with Crippen LogP contribution in [0.1, 0.15) is 48.2 Å². The van der Waals surface area contributed by atoms with Crippen LogP contribution in [0.2, 0.25) is 5.02 Å². The summed E-state index contributed by atoms with van der Waals surface area (Å²) in [6.45, 7) is 1.37. The van der Waals surface area contributed by atoms with Crippen molar-refractivity contribution < 1.29 is 37.6 Å². The standard InChI is InChI=1S/C28H33ClF4N4O4S/c1-15-4-3-9-34-23(15)26(27(40)5-7-28(32,33)8-6-27)42-14-20(41-2)24(25(39)21(42)13-38)37-12-19(35-36-37)16-10-17(30)22(29)18(31)11-16/h3-4,9-12,20-21,24-26,38-40,42H,5-8,13-14H2,1-2H3/t20-,21+,24+,25-,26?/m0/s1. The van der Waals surface area contributed by atoms with Gasteiger partial charge < -0.3 is 20.1 Å². The molecule has 1 saturated heterocycles. The smallest absolute Gasteiger partial charge is 0.248 e. The number of alkyl halides is 2. The lowest BCUT2D eigenvalue weighted by atomic mass is 9.79. The first-order valence-electron chi connectivity index (χ1n) is 13.5. The van der Waals surface area contributed by atoms with Gasteiger partial charge in [0, 0.05) is 42.7 Å². The Bertz CT molecular complexity index is 1400. The number of hydrogen-bond donors (Lipinski definition) is 4. The number of pyridine rings is 1. The molecule has 42 heavy (non-hydrogen) atoms. The zero-order valence-corrected chi connectivity index (χ0v) is 24.6. The lowest BCUT2D eigenvalue weighted by Crippen LogP contribution is -2.54. The minimum absolute atomic E-state index is 0.0860. The van der Waals surface area contributed by atoms with Gasteiger partial charge in [-0.1, -0.05) is 22.9 Å². The van der Waals surface area contributed by atoms with E-state index in [0.717, 1.165) is 17.7 Å². The summed E-state index contributed by atoms with van der Waals surface area (Å²) >= 11 is 5.60. The van der Waals surface area contributed by atoms with Gasteiger partial charge in [0.2, 0.25) is 5.92 Å². The summed E-state index contributed by atoms with van der Waals surface area (Å²) in [5.74, 6) is -4.53. The van der Waals surface area contributed by atoms with Crippen LogP contribution in [-0.4, -0.2) is 83.7 Å². The fourth-order valence-electron chi connectivity index (χ4n) is 6.23. The van der Waals surface area contributed by atoms with Crippen LogP contribution in [-0.2, 0) is 4.74 Å². The van der Waals surface area contributed by atoms with E-state index in [0.29, 0.717) is 5.69 Å². The number of benzene rings is 1. The molecule has 8 nitrogen and oxygen atoms in total. The van der Waals surface area contributed by atoms with Gasteiger partial charge in [0.1, 0.15) is 28.4 Å². The number of methoxy groups -OCH3 is 1. The highest BCUT2D eigenvalue weighted by Crippen LogP contribution is 2.61. The van der Waals surface area contributed by atoms with Crippen LogP contribution in [0.4, 0.5) is 17.6 Å². The van der Waals surface area contributed by atoms with E-state index in [2.05, 4.69) is 15.3 Å². The molecule has 1 aliphatic heterocycles. The van der Waals surface area contributed by atoms with Crippen LogP contribution >= 0.6 is 22.5 Å². The fourth-order valence-corrected chi connectivity index (χ4v) is 10.2. The third kappa shape index (κ3) is 5.79. The lowest BCUT2D eigenvalue weighted by Gasteiger charge is -2.53. The van der Waals surface area contributed by atoms with Crippen LogP contribution < -0.4 is 0 Å². The Kier molecular flexibility index (Phi) is 8.90. The molecular formula is C28H33ClF4N4O4S. The molecule has 6 atom stereocenters. The van der Waals surface area contributed by atoms with Crippen molar-refractivity contribution in [1.29, 1.82) is 0 Å². The maximum atomic E-state index is 14.2. The van der Waals surface area contributed by atoms with Crippen molar-refractivity contribution in [2.75, 3.05) is 19.5 Å². The molecule has 0 amide bonds. The third-order valence-corrected chi connectivity index (χ3v) is 12.4. The van der Waals surface area contributed by atoms with E-state index in [1.165, 1.54) is 18.0 Å². The molecule has 2 unspecified atom stereocenters. The molecule has 5 rings (SSSR count). The first kappa shape index (κ1) is 31.1. The summed E-state index contributed by atoms with van der Waals surface area (Å²) in [5.41, 5.74) is -0.0119. The third-order valence-electron chi connectivity index (χ3n) is 8.52. The van der Waals surface area contributed by atoms with E-state index >= 15 is 0 Å². The maximum absolute atomic E-state index is 14.2. The number of aromatic nitrogens is 4. The largest absolute Gasteiger partial charge is 0.395 e. The summed E-state index contributed by atoms with van der Waals surface area (Å²) in [4.78, 5) is 4.56. The summed E-state index contributed by atoms with van der Waals surface area (Å²) < 4.78 is 63.7. The minimum Gasteiger partial charge on any atom is -0.395 e. The van der Waals surface area contributed by atoms with E-state index in [1.54, 1.807) is 12.3 Å². The monoisotopic (exact) mass is 632 g/mol. The number of halogens is 5.